The minimum absolute atomic E-state index is 0.0885. The molecular formula is C34H48N6O9S. The molecule has 50 heavy (non-hydrogen) atoms. The molecule has 1 saturated heterocycles. The van der Waals surface area contributed by atoms with E-state index in [2.05, 4.69) is 20.9 Å². The number of nitro benzene ring substituents is 1. The number of carboxylic acids is 1. The van der Waals surface area contributed by atoms with Gasteiger partial charge in [0.15, 0.2) is 6.10 Å². The Labute approximate surface area is 295 Å². The Balaban J connectivity index is 1.74. The Hall–Kier alpha value is -4.44. The van der Waals surface area contributed by atoms with Crippen LogP contribution in [0.25, 0.3) is 0 Å². The standard InChI is InChI=1S/C34H48N6O9S/c1-7-20(4)29(38-31(43)27-10-8-9-15-39(27)6)32(44)35-24(19(2)3)17-28(49-21(5)41)33-37-26(18-50-33)30(42)36-25(34(45)46)16-22-11-13-23(14-12-22)40(47)48/h11-14,18-20,24-25,27-29H,7-10,15-17H2,1-6H3,(H,35,44)(H,36,42)(H,38,43)(H,45,46)/t20-,24+,25-,27+,28+,29-/m0/s1. The van der Waals surface area contributed by atoms with Gasteiger partial charge < -0.3 is 25.8 Å². The first-order valence-corrected chi connectivity index (χ1v) is 17.7. The van der Waals surface area contributed by atoms with E-state index in [4.69, 9.17) is 4.74 Å². The minimum atomic E-state index is -1.35. The summed E-state index contributed by atoms with van der Waals surface area (Å²) in [5.74, 6) is -3.48. The minimum Gasteiger partial charge on any atom is -0.480 e. The number of likely N-dealkylation sites (tertiary alicyclic amines) is 1. The first-order valence-electron chi connectivity index (χ1n) is 16.8. The Morgan fingerprint density at radius 3 is 2.34 bits per heavy atom. The summed E-state index contributed by atoms with van der Waals surface area (Å²) in [4.78, 5) is 80.9. The van der Waals surface area contributed by atoms with E-state index < -0.39 is 47.0 Å². The van der Waals surface area contributed by atoms with E-state index in [1.807, 2.05) is 39.6 Å². The van der Waals surface area contributed by atoms with Crippen LogP contribution in [0.3, 0.4) is 0 Å². The van der Waals surface area contributed by atoms with Crippen LogP contribution in [0.2, 0.25) is 0 Å². The third-order valence-electron chi connectivity index (χ3n) is 9.00. The number of carboxylic acid groups (broad SMARTS) is 1. The number of thiazole rings is 1. The summed E-state index contributed by atoms with van der Waals surface area (Å²) in [6, 6.07) is 2.40. The Bertz CT molecular complexity index is 1510. The second kappa shape index (κ2) is 18.5. The van der Waals surface area contributed by atoms with Gasteiger partial charge in [0.05, 0.1) is 11.0 Å². The lowest BCUT2D eigenvalue weighted by Gasteiger charge is -2.34. The number of esters is 1. The summed E-state index contributed by atoms with van der Waals surface area (Å²) in [6.07, 6.45) is 2.40. The second-order valence-corrected chi connectivity index (χ2v) is 14.0. The van der Waals surface area contributed by atoms with Crippen LogP contribution in [0.15, 0.2) is 29.6 Å². The molecule has 0 aliphatic carbocycles. The molecule has 0 spiro atoms. The molecule has 16 heteroatoms. The summed E-state index contributed by atoms with van der Waals surface area (Å²) in [7, 11) is 1.91. The maximum absolute atomic E-state index is 13.7. The number of benzene rings is 1. The molecule has 0 unspecified atom stereocenters. The molecule has 4 N–H and O–H groups in total. The largest absolute Gasteiger partial charge is 0.480 e. The second-order valence-electron chi connectivity index (χ2n) is 13.1. The molecule has 1 aliphatic rings. The van der Waals surface area contributed by atoms with E-state index in [1.165, 1.54) is 36.6 Å². The molecule has 2 heterocycles. The number of non-ortho nitro benzene ring substituents is 1. The molecule has 0 radical (unpaired) electrons. The van der Waals surface area contributed by atoms with Crippen molar-refractivity contribution in [3.8, 4) is 0 Å². The molecule has 3 rings (SSSR count). The zero-order chi connectivity index (χ0) is 37.1. The van der Waals surface area contributed by atoms with Crippen molar-refractivity contribution in [2.45, 2.75) is 103 Å². The average molecular weight is 717 g/mol. The van der Waals surface area contributed by atoms with Crippen LogP contribution < -0.4 is 16.0 Å². The van der Waals surface area contributed by atoms with E-state index in [-0.39, 0.29) is 58.9 Å². The number of carbonyl (C=O) groups excluding carboxylic acids is 4. The highest BCUT2D eigenvalue weighted by Crippen LogP contribution is 2.29. The van der Waals surface area contributed by atoms with E-state index in [0.29, 0.717) is 12.0 Å². The number of piperidine rings is 1. The van der Waals surface area contributed by atoms with Gasteiger partial charge in [0.25, 0.3) is 11.6 Å². The van der Waals surface area contributed by atoms with Crippen LogP contribution in [0.5, 0.6) is 0 Å². The van der Waals surface area contributed by atoms with Gasteiger partial charge in [0.2, 0.25) is 11.8 Å². The summed E-state index contributed by atoms with van der Waals surface area (Å²) in [5.41, 5.74) is 0.232. The van der Waals surface area contributed by atoms with Gasteiger partial charge in [0, 0.05) is 43.3 Å². The zero-order valence-corrected chi connectivity index (χ0v) is 30.2. The monoisotopic (exact) mass is 716 g/mol. The predicted octanol–water partition coefficient (Wildman–Crippen LogP) is 3.63. The van der Waals surface area contributed by atoms with Gasteiger partial charge in [-0.05, 0) is 43.8 Å². The van der Waals surface area contributed by atoms with E-state index in [9.17, 15) is 39.2 Å². The summed E-state index contributed by atoms with van der Waals surface area (Å²) in [6.45, 7) is 9.72. The number of aromatic nitrogens is 1. The molecule has 1 aromatic carbocycles. The lowest BCUT2D eigenvalue weighted by molar-refractivity contribution is -0.384. The van der Waals surface area contributed by atoms with Gasteiger partial charge in [-0.15, -0.1) is 11.3 Å². The molecule has 3 amide bonds. The maximum atomic E-state index is 13.7. The number of carbonyl (C=O) groups is 5. The highest BCUT2D eigenvalue weighted by Gasteiger charge is 2.34. The molecule has 6 atom stereocenters. The molecule has 2 aromatic rings. The van der Waals surface area contributed by atoms with Crippen molar-refractivity contribution < 1.29 is 38.7 Å². The fourth-order valence-corrected chi connectivity index (χ4v) is 6.56. The zero-order valence-electron chi connectivity index (χ0n) is 29.3. The van der Waals surface area contributed by atoms with Gasteiger partial charge in [-0.2, -0.15) is 0 Å². The molecule has 1 fully saturated rings. The summed E-state index contributed by atoms with van der Waals surface area (Å²) in [5, 5.41) is 30.9. The summed E-state index contributed by atoms with van der Waals surface area (Å²) < 4.78 is 5.61. The van der Waals surface area contributed by atoms with Gasteiger partial charge in [-0.1, -0.05) is 52.7 Å². The van der Waals surface area contributed by atoms with Crippen molar-refractivity contribution in [1.29, 1.82) is 0 Å². The van der Waals surface area contributed by atoms with Gasteiger partial charge >= 0.3 is 11.9 Å². The Kier molecular flexibility index (Phi) is 14.8. The molecular weight excluding hydrogens is 668 g/mol. The van der Waals surface area contributed by atoms with Gasteiger partial charge in [-0.25, -0.2) is 9.78 Å². The quantitative estimate of drug-likeness (QED) is 0.106. The third kappa shape index (κ3) is 11.3. The highest BCUT2D eigenvalue weighted by atomic mass is 32.1. The molecule has 1 aliphatic heterocycles. The molecule has 1 aromatic heterocycles. The van der Waals surface area contributed by atoms with Crippen molar-refractivity contribution in [3.63, 3.8) is 0 Å². The SMILES string of the molecule is CC[C@H](C)[C@H](NC(=O)[C@H]1CCCCN1C)C(=O)N[C@H](C[C@@H](OC(C)=O)c1nc(C(=O)N[C@@H](Cc2ccc([N+](=O)[O-])cc2)C(=O)O)cs1)C(C)C. The van der Waals surface area contributed by atoms with Crippen molar-refractivity contribution in [3.05, 3.63) is 56.0 Å². The number of amides is 3. The number of hydrogen-bond acceptors (Lipinski definition) is 11. The van der Waals surface area contributed by atoms with Crippen molar-refractivity contribution >= 4 is 46.7 Å². The highest BCUT2D eigenvalue weighted by molar-refractivity contribution is 7.09. The summed E-state index contributed by atoms with van der Waals surface area (Å²) >= 11 is 1.05. The van der Waals surface area contributed by atoms with Crippen molar-refractivity contribution in [1.82, 2.24) is 25.8 Å². The molecule has 0 bridgehead atoms. The number of rotatable bonds is 17. The van der Waals surface area contributed by atoms with Crippen LogP contribution in [0, 0.1) is 22.0 Å². The predicted molar refractivity (Wildman–Crippen MR) is 185 cm³/mol. The smallest absolute Gasteiger partial charge is 0.326 e. The topological polar surface area (TPSA) is 210 Å². The maximum Gasteiger partial charge on any atom is 0.326 e. The normalized spacial score (nSPS) is 17.9. The van der Waals surface area contributed by atoms with E-state index >= 15 is 0 Å². The van der Waals surface area contributed by atoms with Crippen molar-refractivity contribution in [2.75, 3.05) is 13.6 Å². The Morgan fingerprint density at radius 1 is 1.10 bits per heavy atom. The molecule has 274 valence electrons. The molecule has 15 nitrogen and oxygen atoms in total. The number of ether oxygens (including phenoxy) is 1. The van der Waals surface area contributed by atoms with Crippen molar-refractivity contribution in [2.24, 2.45) is 11.8 Å². The molecule has 0 saturated carbocycles. The van der Waals surface area contributed by atoms with Gasteiger partial charge in [-0.3, -0.25) is 34.2 Å². The number of nitrogens with one attached hydrogen (secondary N) is 3. The number of hydrogen-bond donors (Lipinski definition) is 4. The average Bonchev–Trinajstić information content (AvgIpc) is 3.56. The van der Waals surface area contributed by atoms with E-state index in [0.717, 1.165) is 37.1 Å². The Morgan fingerprint density at radius 2 is 1.78 bits per heavy atom. The number of nitro groups is 1. The fourth-order valence-electron chi connectivity index (χ4n) is 5.72. The van der Waals surface area contributed by atoms with Crippen LogP contribution >= 0.6 is 11.3 Å². The van der Waals surface area contributed by atoms with Crippen LogP contribution in [0.1, 0.15) is 93.9 Å². The van der Waals surface area contributed by atoms with Crippen LogP contribution in [0.4, 0.5) is 5.69 Å². The number of aliphatic carboxylic acids is 1. The van der Waals surface area contributed by atoms with Crippen LogP contribution in [-0.2, 0) is 30.3 Å². The van der Waals surface area contributed by atoms with Gasteiger partial charge in [0.1, 0.15) is 22.8 Å². The fraction of sp³-hybridized carbons (Fsp3) is 0.588. The lowest BCUT2D eigenvalue weighted by Crippen LogP contribution is -2.57. The first kappa shape index (κ1) is 40.0. The van der Waals surface area contributed by atoms with E-state index in [1.54, 1.807) is 0 Å². The number of nitrogens with zero attached hydrogens (tertiary/aromatic N) is 3. The van der Waals surface area contributed by atoms with Crippen LogP contribution in [-0.4, -0.2) is 87.3 Å². The third-order valence-corrected chi connectivity index (χ3v) is 9.93. The number of likely N-dealkylation sites (N-methyl/N-ethyl adjacent to an activating group) is 1. The first-order chi connectivity index (χ1) is 23.6. The lowest BCUT2D eigenvalue weighted by atomic mass is 9.94.